The summed E-state index contributed by atoms with van der Waals surface area (Å²) in [5.74, 6) is -1.22. The van der Waals surface area contributed by atoms with Crippen molar-refractivity contribution >= 4 is 11.9 Å². The van der Waals surface area contributed by atoms with Crippen LogP contribution in [0.2, 0.25) is 0 Å². The van der Waals surface area contributed by atoms with Gasteiger partial charge in [0.25, 0.3) is 0 Å². The molecule has 22 heavy (non-hydrogen) atoms. The second kappa shape index (κ2) is 8.35. The molecule has 0 heterocycles. The maximum Gasteiger partial charge on any atom is 0.334 e. The molecule has 0 aromatic rings. The van der Waals surface area contributed by atoms with Gasteiger partial charge in [0.1, 0.15) is 0 Å². The van der Waals surface area contributed by atoms with E-state index < -0.39 is 11.9 Å². The second-order valence-electron chi connectivity index (χ2n) is 6.52. The topological polar surface area (TPSA) is 63.6 Å². The molecule has 124 valence electrons. The van der Waals surface area contributed by atoms with Crippen LogP contribution in [0.15, 0.2) is 11.1 Å². The largest absolute Gasteiger partial charge is 0.478 e. The third-order valence-corrected chi connectivity index (χ3v) is 5.04. The van der Waals surface area contributed by atoms with Gasteiger partial charge in [-0.2, -0.15) is 0 Å². The molecule has 4 nitrogen and oxygen atoms in total. The van der Waals surface area contributed by atoms with Crippen molar-refractivity contribution in [3.63, 3.8) is 0 Å². The van der Waals surface area contributed by atoms with E-state index in [1.54, 1.807) is 6.92 Å². The Bertz CT molecular complexity index is 426. The van der Waals surface area contributed by atoms with Gasteiger partial charge in [0, 0.05) is 0 Å². The molecule has 0 radical (unpaired) electrons. The lowest BCUT2D eigenvalue weighted by Gasteiger charge is -2.29. The summed E-state index contributed by atoms with van der Waals surface area (Å²) in [5, 5.41) is 9.78. The SMILES string of the molecule is CCOC(=O)/C(=C(\C(=O)O)C1CCCCC1)C1CCCCC1. The average Bonchev–Trinajstić information content (AvgIpc) is 2.54. The molecule has 2 saturated carbocycles. The highest BCUT2D eigenvalue weighted by atomic mass is 16.5. The number of ether oxygens (including phenoxy) is 1. The normalized spacial score (nSPS) is 22.0. The van der Waals surface area contributed by atoms with Gasteiger partial charge in [0.15, 0.2) is 0 Å². The van der Waals surface area contributed by atoms with E-state index in [2.05, 4.69) is 0 Å². The summed E-state index contributed by atoms with van der Waals surface area (Å²) in [6, 6.07) is 0. The number of esters is 1. The number of carboxylic acids is 1. The number of hydrogen-bond donors (Lipinski definition) is 1. The van der Waals surface area contributed by atoms with Crippen LogP contribution in [-0.2, 0) is 14.3 Å². The molecule has 1 N–H and O–H groups in total. The molecular formula is C18H28O4. The Labute approximate surface area is 132 Å². The summed E-state index contributed by atoms with van der Waals surface area (Å²) in [6.45, 7) is 2.07. The highest BCUT2D eigenvalue weighted by molar-refractivity contribution is 6.00. The highest BCUT2D eigenvalue weighted by Crippen LogP contribution is 2.38. The van der Waals surface area contributed by atoms with Gasteiger partial charge in [0.2, 0.25) is 0 Å². The maximum atomic E-state index is 12.5. The van der Waals surface area contributed by atoms with Gasteiger partial charge in [-0.05, 0) is 44.4 Å². The summed E-state index contributed by atoms with van der Waals surface area (Å²) in [7, 11) is 0. The van der Waals surface area contributed by atoms with Crippen molar-refractivity contribution in [3.8, 4) is 0 Å². The van der Waals surface area contributed by atoms with E-state index in [1.807, 2.05) is 0 Å². The van der Waals surface area contributed by atoms with Crippen LogP contribution in [0.3, 0.4) is 0 Å². The van der Waals surface area contributed by atoms with Crippen LogP contribution in [0.4, 0.5) is 0 Å². The second-order valence-corrected chi connectivity index (χ2v) is 6.52. The third kappa shape index (κ3) is 4.11. The fourth-order valence-electron chi connectivity index (χ4n) is 4.00. The molecule has 2 aliphatic rings. The lowest BCUT2D eigenvalue weighted by atomic mass is 9.75. The van der Waals surface area contributed by atoms with Crippen LogP contribution in [0, 0.1) is 11.8 Å². The standard InChI is InChI=1S/C18H28O4/c1-2-22-18(21)16(14-11-7-4-8-12-14)15(17(19)20)13-9-5-3-6-10-13/h13-14H,2-12H2,1H3,(H,19,20)/b16-15-. The zero-order valence-electron chi connectivity index (χ0n) is 13.6. The zero-order chi connectivity index (χ0) is 15.9. The van der Waals surface area contributed by atoms with Gasteiger partial charge in [-0.1, -0.05) is 38.5 Å². The molecular weight excluding hydrogens is 280 g/mol. The Morgan fingerprint density at radius 3 is 1.73 bits per heavy atom. The van der Waals surface area contributed by atoms with Crippen molar-refractivity contribution in [2.24, 2.45) is 11.8 Å². The van der Waals surface area contributed by atoms with Crippen molar-refractivity contribution in [2.45, 2.75) is 71.1 Å². The van der Waals surface area contributed by atoms with Crippen molar-refractivity contribution in [3.05, 3.63) is 11.1 Å². The first-order valence-corrected chi connectivity index (χ1v) is 8.79. The summed E-state index contributed by atoms with van der Waals surface area (Å²) < 4.78 is 5.22. The summed E-state index contributed by atoms with van der Waals surface area (Å²) in [4.78, 5) is 24.4. The van der Waals surface area contributed by atoms with Crippen molar-refractivity contribution in [1.82, 2.24) is 0 Å². The summed E-state index contributed by atoms with van der Waals surface area (Å²) in [5.41, 5.74) is 0.853. The number of carbonyl (C=O) groups excluding carboxylic acids is 1. The summed E-state index contributed by atoms with van der Waals surface area (Å²) >= 11 is 0. The predicted molar refractivity (Wildman–Crippen MR) is 84.4 cm³/mol. The van der Waals surface area contributed by atoms with Gasteiger partial charge in [-0.25, -0.2) is 9.59 Å². The molecule has 2 aliphatic carbocycles. The van der Waals surface area contributed by atoms with Crippen molar-refractivity contribution in [1.29, 1.82) is 0 Å². The van der Waals surface area contributed by atoms with Crippen LogP contribution >= 0.6 is 0 Å². The molecule has 2 rings (SSSR count). The van der Waals surface area contributed by atoms with Crippen molar-refractivity contribution in [2.75, 3.05) is 6.61 Å². The molecule has 0 bridgehead atoms. The van der Waals surface area contributed by atoms with E-state index in [0.29, 0.717) is 17.8 Å². The van der Waals surface area contributed by atoms with E-state index in [-0.39, 0.29) is 11.8 Å². The molecule has 0 atom stereocenters. The lowest BCUT2D eigenvalue weighted by molar-refractivity contribution is -0.141. The predicted octanol–water partition coefficient (Wildman–Crippen LogP) is 4.09. The molecule has 4 heteroatoms. The molecule has 0 unspecified atom stereocenters. The third-order valence-electron chi connectivity index (χ3n) is 5.04. The van der Waals surface area contributed by atoms with Gasteiger partial charge >= 0.3 is 11.9 Å². The Hall–Kier alpha value is -1.32. The molecule has 0 aromatic heterocycles. The van der Waals surface area contributed by atoms with Crippen LogP contribution in [-0.4, -0.2) is 23.7 Å². The fourth-order valence-corrected chi connectivity index (χ4v) is 4.00. The molecule has 0 saturated heterocycles. The summed E-state index contributed by atoms with van der Waals surface area (Å²) in [6.07, 6.45) is 10.2. The minimum absolute atomic E-state index is 0.0209. The minimum atomic E-state index is -0.916. The van der Waals surface area contributed by atoms with E-state index in [4.69, 9.17) is 4.74 Å². The Balaban J connectivity index is 2.38. The Morgan fingerprint density at radius 1 is 0.864 bits per heavy atom. The molecule has 0 aliphatic heterocycles. The number of carbonyl (C=O) groups is 2. The van der Waals surface area contributed by atoms with Gasteiger partial charge in [-0.15, -0.1) is 0 Å². The number of aliphatic carboxylic acids is 1. The van der Waals surface area contributed by atoms with Gasteiger partial charge in [0.05, 0.1) is 17.8 Å². The molecule has 0 spiro atoms. The van der Waals surface area contributed by atoms with E-state index in [9.17, 15) is 14.7 Å². The van der Waals surface area contributed by atoms with Crippen LogP contribution in [0.25, 0.3) is 0 Å². The minimum Gasteiger partial charge on any atom is -0.478 e. The Kier molecular flexibility index (Phi) is 6.47. The Morgan fingerprint density at radius 2 is 1.32 bits per heavy atom. The van der Waals surface area contributed by atoms with E-state index >= 15 is 0 Å². The van der Waals surface area contributed by atoms with Crippen LogP contribution in [0.1, 0.15) is 71.1 Å². The first-order valence-electron chi connectivity index (χ1n) is 8.79. The first kappa shape index (κ1) is 17.0. The van der Waals surface area contributed by atoms with E-state index in [1.165, 1.54) is 12.8 Å². The number of carboxylic acid groups (broad SMARTS) is 1. The quantitative estimate of drug-likeness (QED) is 0.613. The van der Waals surface area contributed by atoms with Gasteiger partial charge in [-0.3, -0.25) is 0 Å². The first-order chi connectivity index (χ1) is 10.6. The van der Waals surface area contributed by atoms with E-state index in [0.717, 1.165) is 51.4 Å². The number of hydrogen-bond acceptors (Lipinski definition) is 3. The average molecular weight is 308 g/mol. The van der Waals surface area contributed by atoms with Crippen LogP contribution in [0.5, 0.6) is 0 Å². The fraction of sp³-hybridized carbons (Fsp3) is 0.778. The molecule has 0 aromatic carbocycles. The van der Waals surface area contributed by atoms with Crippen LogP contribution < -0.4 is 0 Å². The molecule has 0 amide bonds. The molecule has 2 fully saturated rings. The highest BCUT2D eigenvalue weighted by Gasteiger charge is 2.34. The maximum absolute atomic E-state index is 12.5. The monoisotopic (exact) mass is 308 g/mol. The number of rotatable bonds is 5. The lowest BCUT2D eigenvalue weighted by Crippen LogP contribution is -2.27. The smallest absolute Gasteiger partial charge is 0.334 e. The van der Waals surface area contributed by atoms with Gasteiger partial charge < -0.3 is 9.84 Å². The van der Waals surface area contributed by atoms with Crippen molar-refractivity contribution < 1.29 is 19.4 Å². The zero-order valence-corrected chi connectivity index (χ0v) is 13.6.